The molecule has 1 aliphatic heterocycles. The van der Waals surface area contributed by atoms with Gasteiger partial charge in [0.25, 0.3) is 0 Å². The van der Waals surface area contributed by atoms with Crippen molar-refractivity contribution in [2.24, 2.45) is 5.92 Å². The smallest absolute Gasteiger partial charge is 0.234 e. The van der Waals surface area contributed by atoms with E-state index in [4.69, 9.17) is 0 Å². The van der Waals surface area contributed by atoms with Crippen LogP contribution < -0.4 is 5.32 Å². The lowest BCUT2D eigenvalue weighted by Gasteiger charge is -2.05. The highest BCUT2D eigenvalue weighted by Crippen LogP contribution is 2.20. The van der Waals surface area contributed by atoms with E-state index in [2.05, 4.69) is 18.3 Å². The van der Waals surface area contributed by atoms with Gasteiger partial charge in [-0.2, -0.15) is 0 Å². The van der Waals surface area contributed by atoms with Crippen LogP contribution in [-0.2, 0) is 9.59 Å². The predicted octanol–water partition coefficient (Wildman–Crippen LogP) is 2.18. The van der Waals surface area contributed by atoms with Crippen molar-refractivity contribution < 1.29 is 9.59 Å². The number of rotatable bonds is 5. The molecule has 1 unspecified atom stereocenters. The first kappa shape index (κ1) is 12.0. The van der Waals surface area contributed by atoms with Crippen molar-refractivity contribution in [1.82, 2.24) is 5.32 Å². The number of nitrogens with one attached hydrogen (secondary N) is 1. The molecule has 15 heavy (non-hydrogen) atoms. The van der Waals surface area contributed by atoms with Crippen LogP contribution in [0.3, 0.4) is 0 Å². The second-order valence-corrected chi connectivity index (χ2v) is 4.11. The summed E-state index contributed by atoms with van der Waals surface area (Å²) in [7, 11) is 0. The molecule has 0 aromatic rings. The van der Waals surface area contributed by atoms with Gasteiger partial charge >= 0.3 is 0 Å². The van der Waals surface area contributed by atoms with Gasteiger partial charge in [-0.15, -0.1) is 0 Å². The third kappa shape index (κ3) is 3.50. The first-order valence-electron chi connectivity index (χ1n) is 5.65. The van der Waals surface area contributed by atoms with Crippen molar-refractivity contribution in [2.75, 3.05) is 0 Å². The van der Waals surface area contributed by atoms with Crippen molar-refractivity contribution in [2.45, 2.75) is 46.0 Å². The van der Waals surface area contributed by atoms with E-state index in [1.165, 1.54) is 12.8 Å². The Bertz CT molecular complexity index is 281. The summed E-state index contributed by atoms with van der Waals surface area (Å²) in [6.45, 7) is 4.11. The monoisotopic (exact) mass is 209 g/mol. The number of amides is 2. The minimum absolute atomic E-state index is 0.135. The van der Waals surface area contributed by atoms with E-state index in [1.807, 2.05) is 6.92 Å². The highest BCUT2D eigenvalue weighted by molar-refractivity contribution is 6.04. The van der Waals surface area contributed by atoms with E-state index in [0.29, 0.717) is 6.42 Å². The molecule has 1 N–H and O–H groups in total. The number of imide groups is 1. The molecule has 0 saturated carbocycles. The third-order valence-corrected chi connectivity index (χ3v) is 2.79. The van der Waals surface area contributed by atoms with Gasteiger partial charge in [0.15, 0.2) is 0 Å². The molecular weight excluding hydrogens is 190 g/mol. The molecule has 1 rings (SSSR count). The van der Waals surface area contributed by atoms with Gasteiger partial charge in [0.05, 0.1) is 5.92 Å². The highest BCUT2D eigenvalue weighted by atomic mass is 16.2. The van der Waals surface area contributed by atoms with Crippen molar-refractivity contribution >= 4 is 11.8 Å². The Morgan fingerprint density at radius 3 is 2.73 bits per heavy atom. The zero-order valence-corrected chi connectivity index (χ0v) is 9.51. The summed E-state index contributed by atoms with van der Waals surface area (Å²) in [4.78, 5) is 22.3. The number of hydrogen-bond acceptors (Lipinski definition) is 2. The zero-order chi connectivity index (χ0) is 11.3. The maximum absolute atomic E-state index is 11.3. The van der Waals surface area contributed by atoms with E-state index < -0.39 is 0 Å². The standard InChI is InChI=1S/C12H19NO2/c1-3-4-5-6-7-9(2)10-8-11(14)13-12(10)15/h7,10H,3-6,8H2,1-2H3,(H,13,14,15). The average molecular weight is 209 g/mol. The van der Waals surface area contributed by atoms with Gasteiger partial charge in [-0.05, 0) is 19.8 Å². The molecule has 1 atom stereocenters. The molecule has 0 spiro atoms. The molecule has 0 radical (unpaired) electrons. The number of hydrogen-bond donors (Lipinski definition) is 1. The van der Waals surface area contributed by atoms with Gasteiger partial charge in [-0.1, -0.05) is 31.4 Å². The Balaban J connectivity index is 2.42. The normalized spacial score (nSPS) is 22.0. The molecule has 2 amide bonds. The van der Waals surface area contributed by atoms with Gasteiger partial charge in [-0.25, -0.2) is 0 Å². The molecule has 1 fully saturated rings. The number of carbonyl (C=O) groups excluding carboxylic acids is 2. The van der Waals surface area contributed by atoms with Crippen molar-refractivity contribution in [3.8, 4) is 0 Å². The summed E-state index contributed by atoms with van der Waals surface area (Å²) in [5.74, 6) is -0.491. The summed E-state index contributed by atoms with van der Waals surface area (Å²) < 4.78 is 0. The van der Waals surface area contributed by atoms with Gasteiger partial charge in [0, 0.05) is 6.42 Å². The van der Waals surface area contributed by atoms with E-state index in [-0.39, 0.29) is 17.7 Å². The lowest BCUT2D eigenvalue weighted by molar-refractivity contribution is -0.125. The third-order valence-electron chi connectivity index (χ3n) is 2.79. The van der Waals surface area contributed by atoms with Gasteiger partial charge in [0.2, 0.25) is 11.8 Å². The van der Waals surface area contributed by atoms with Crippen LogP contribution in [0.15, 0.2) is 11.6 Å². The van der Waals surface area contributed by atoms with Crippen LogP contribution in [0.5, 0.6) is 0 Å². The van der Waals surface area contributed by atoms with Gasteiger partial charge in [-0.3, -0.25) is 14.9 Å². The van der Waals surface area contributed by atoms with Gasteiger partial charge in [0.1, 0.15) is 0 Å². The summed E-state index contributed by atoms with van der Waals surface area (Å²) in [5.41, 5.74) is 1.04. The Morgan fingerprint density at radius 2 is 2.20 bits per heavy atom. The minimum Gasteiger partial charge on any atom is -0.296 e. The fraction of sp³-hybridized carbons (Fsp3) is 0.667. The van der Waals surface area contributed by atoms with Crippen LogP contribution in [0.1, 0.15) is 46.0 Å². The van der Waals surface area contributed by atoms with Crippen LogP contribution >= 0.6 is 0 Å². The van der Waals surface area contributed by atoms with Crippen LogP contribution in [0, 0.1) is 5.92 Å². The molecule has 3 heteroatoms. The number of allylic oxidation sites excluding steroid dienone is 1. The van der Waals surface area contributed by atoms with Gasteiger partial charge < -0.3 is 0 Å². The minimum atomic E-state index is -0.209. The molecular formula is C12H19NO2. The Labute approximate surface area is 90.9 Å². The van der Waals surface area contributed by atoms with E-state index in [1.54, 1.807) is 0 Å². The highest BCUT2D eigenvalue weighted by Gasteiger charge is 2.31. The molecule has 1 aliphatic rings. The second-order valence-electron chi connectivity index (χ2n) is 4.11. The maximum atomic E-state index is 11.3. The van der Waals surface area contributed by atoms with E-state index in [0.717, 1.165) is 18.4 Å². The lowest BCUT2D eigenvalue weighted by Crippen LogP contribution is -2.22. The molecule has 0 aliphatic carbocycles. The van der Waals surface area contributed by atoms with E-state index in [9.17, 15) is 9.59 Å². The largest absolute Gasteiger partial charge is 0.296 e. The number of carbonyl (C=O) groups is 2. The van der Waals surface area contributed by atoms with E-state index >= 15 is 0 Å². The first-order valence-corrected chi connectivity index (χ1v) is 5.65. The first-order chi connectivity index (χ1) is 7.15. The molecule has 0 aromatic carbocycles. The summed E-state index contributed by atoms with van der Waals surface area (Å²) in [6.07, 6.45) is 7.02. The molecule has 84 valence electrons. The second kappa shape index (κ2) is 5.69. The number of unbranched alkanes of at least 4 members (excludes halogenated alkanes) is 3. The summed E-state index contributed by atoms with van der Waals surface area (Å²) >= 11 is 0. The molecule has 1 heterocycles. The fourth-order valence-corrected chi connectivity index (χ4v) is 1.79. The molecule has 0 bridgehead atoms. The molecule has 0 aromatic heterocycles. The SMILES string of the molecule is CCCCCC=C(C)C1CC(=O)NC1=O. The zero-order valence-electron chi connectivity index (χ0n) is 9.51. The predicted molar refractivity (Wildman–Crippen MR) is 59.2 cm³/mol. The quantitative estimate of drug-likeness (QED) is 0.428. The van der Waals surface area contributed by atoms with Crippen molar-refractivity contribution in [3.63, 3.8) is 0 Å². The Morgan fingerprint density at radius 1 is 1.47 bits per heavy atom. The average Bonchev–Trinajstić information content (AvgIpc) is 2.52. The fourth-order valence-electron chi connectivity index (χ4n) is 1.79. The topological polar surface area (TPSA) is 46.2 Å². The molecule has 3 nitrogen and oxygen atoms in total. The maximum Gasteiger partial charge on any atom is 0.234 e. The Kier molecular flexibility index (Phi) is 4.53. The molecule has 1 saturated heterocycles. The van der Waals surface area contributed by atoms with Crippen LogP contribution in [0.2, 0.25) is 0 Å². The lowest BCUT2D eigenvalue weighted by atomic mass is 9.97. The van der Waals surface area contributed by atoms with Crippen LogP contribution in [0.4, 0.5) is 0 Å². The van der Waals surface area contributed by atoms with Crippen LogP contribution in [-0.4, -0.2) is 11.8 Å². The van der Waals surface area contributed by atoms with Crippen molar-refractivity contribution in [3.05, 3.63) is 11.6 Å². The van der Waals surface area contributed by atoms with Crippen LogP contribution in [0.25, 0.3) is 0 Å². The summed E-state index contributed by atoms with van der Waals surface area (Å²) in [5, 5.41) is 2.33. The Hall–Kier alpha value is -1.12. The van der Waals surface area contributed by atoms with Crippen molar-refractivity contribution in [1.29, 1.82) is 0 Å². The summed E-state index contributed by atoms with van der Waals surface area (Å²) in [6, 6.07) is 0.